The molecular weight excluding hydrogens is 516 g/mol. The fourth-order valence-corrected chi connectivity index (χ4v) is 7.91. The van der Waals surface area contributed by atoms with Crippen molar-refractivity contribution >= 4 is 40.7 Å². The smallest absolute Gasteiger partial charge is 0.238 e. The van der Waals surface area contributed by atoms with E-state index in [1.807, 2.05) is 6.07 Å². The van der Waals surface area contributed by atoms with Crippen LogP contribution in [-0.2, 0) is 15.0 Å². The van der Waals surface area contributed by atoms with Crippen LogP contribution in [0.1, 0.15) is 68.4 Å². The van der Waals surface area contributed by atoms with E-state index in [1.165, 1.54) is 6.07 Å². The highest BCUT2D eigenvalue weighted by Gasteiger charge is 2.72. The number of aliphatic hydroxyl groups excluding tert-OH is 1. The maximum atomic E-state index is 15.8. The Hall–Kier alpha value is -2.19. The fraction of sp³-hybridized carbons (Fsp3) is 0.500. The molecule has 4 N–H and O–H groups in total. The molecule has 2 heterocycles. The zero-order valence-electron chi connectivity index (χ0n) is 20.3. The maximum absolute atomic E-state index is 15.8. The molecule has 3 unspecified atom stereocenters. The number of carbonyl (C=O) groups excluding carboxylic acids is 2. The number of nitrogens with one attached hydrogen (secondary N) is 3. The molecule has 2 aromatic carbocycles. The summed E-state index contributed by atoms with van der Waals surface area (Å²) in [6, 6.07) is 9.16. The van der Waals surface area contributed by atoms with E-state index >= 15 is 4.39 Å². The Balaban J connectivity index is 1.52. The van der Waals surface area contributed by atoms with Crippen molar-refractivity contribution < 1.29 is 19.1 Å². The van der Waals surface area contributed by atoms with E-state index in [0.717, 1.165) is 18.4 Å². The topological polar surface area (TPSA) is 90.5 Å². The molecule has 2 saturated carbocycles. The lowest BCUT2D eigenvalue weighted by atomic mass is 9.58. The molecule has 9 heteroatoms. The van der Waals surface area contributed by atoms with Gasteiger partial charge in [0.2, 0.25) is 11.8 Å². The van der Waals surface area contributed by atoms with Crippen LogP contribution < -0.4 is 16.0 Å². The van der Waals surface area contributed by atoms with E-state index in [-0.39, 0.29) is 34.5 Å². The number of rotatable bonds is 3. The summed E-state index contributed by atoms with van der Waals surface area (Å²) in [4.78, 5) is 28.2. The van der Waals surface area contributed by atoms with E-state index in [9.17, 15) is 14.7 Å². The van der Waals surface area contributed by atoms with Crippen LogP contribution >= 0.6 is 23.2 Å². The van der Waals surface area contributed by atoms with Gasteiger partial charge in [0, 0.05) is 28.2 Å². The number of anilines is 1. The van der Waals surface area contributed by atoms with Gasteiger partial charge in [-0.15, -0.1) is 0 Å². The van der Waals surface area contributed by atoms with Crippen molar-refractivity contribution in [1.82, 2.24) is 10.6 Å². The van der Waals surface area contributed by atoms with Gasteiger partial charge in [0.25, 0.3) is 0 Å². The van der Waals surface area contributed by atoms with Gasteiger partial charge in [0.1, 0.15) is 11.2 Å². The van der Waals surface area contributed by atoms with Crippen LogP contribution in [0.5, 0.6) is 0 Å². The summed E-state index contributed by atoms with van der Waals surface area (Å²) < 4.78 is 15.8. The van der Waals surface area contributed by atoms with Gasteiger partial charge in [-0.05, 0) is 67.9 Å². The van der Waals surface area contributed by atoms with Gasteiger partial charge < -0.3 is 15.7 Å². The molecule has 0 radical (unpaired) electrons. The molecule has 37 heavy (non-hydrogen) atoms. The lowest BCUT2D eigenvalue weighted by Gasteiger charge is -2.42. The molecule has 2 aliphatic heterocycles. The molecule has 6 nitrogen and oxygen atoms in total. The third kappa shape index (κ3) is 3.73. The summed E-state index contributed by atoms with van der Waals surface area (Å²) in [5.74, 6) is -1.95. The Labute approximate surface area is 225 Å². The number of amides is 2. The number of carbonyl (C=O) groups is 2. The minimum Gasteiger partial charge on any atom is -0.393 e. The van der Waals surface area contributed by atoms with Crippen molar-refractivity contribution in [2.24, 2.45) is 0 Å². The average Bonchev–Trinajstić information content (AvgIpc) is 3.54. The Morgan fingerprint density at radius 1 is 1.08 bits per heavy atom. The molecule has 1 saturated heterocycles. The quantitative estimate of drug-likeness (QED) is 0.445. The molecule has 0 bridgehead atoms. The third-order valence-electron chi connectivity index (χ3n) is 9.10. The number of benzene rings is 2. The van der Waals surface area contributed by atoms with Gasteiger partial charge in [0.05, 0.1) is 17.2 Å². The van der Waals surface area contributed by atoms with Crippen LogP contribution in [0.2, 0.25) is 10.0 Å². The highest BCUT2D eigenvalue weighted by Crippen LogP contribution is 2.63. The lowest BCUT2D eigenvalue weighted by Crippen LogP contribution is -2.58. The van der Waals surface area contributed by atoms with Crippen LogP contribution in [-0.4, -0.2) is 40.6 Å². The zero-order valence-corrected chi connectivity index (χ0v) is 21.8. The molecule has 4 aliphatic rings. The SMILES string of the molecule is O=C(NC1CCC(O)CC1)C1NC2(CCCC2)C2(C(=O)Nc3cc(Cl)ccc32)C1c1cccc(Cl)c1F. The Bertz CT molecular complexity index is 1260. The summed E-state index contributed by atoms with van der Waals surface area (Å²) >= 11 is 12.5. The monoisotopic (exact) mass is 545 g/mol. The second-order valence-electron chi connectivity index (χ2n) is 11.0. The minimum absolute atomic E-state index is 0.0461. The molecule has 3 fully saturated rings. The predicted octanol–water partition coefficient (Wildman–Crippen LogP) is 4.81. The minimum atomic E-state index is -1.22. The maximum Gasteiger partial charge on any atom is 0.238 e. The largest absolute Gasteiger partial charge is 0.393 e. The summed E-state index contributed by atoms with van der Waals surface area (Å²) in [5.41, 5.74) is -0.377. The molecule has 6 rings (SSSR count). The van der Waals surface area contributed by atoms with E-state index in [4.69, 9.17) is 23.2 Å². The summed E-state index contributed by atoms with van der Waals surface area (Å²) in [6.07, 6.45) is 5.40. The second kappa shape index (κ2) is 9.23. The molecule has 2 aromatic rings. The molecular formula is C28H30Cl2FN3O3. The highest BCUT2D eigenvalue weighted by molar-refractivity contribution is 6.31. The van der Waals surface area contributed by atoms with E-state index in [2.05, 4.69) is 16.0 Å². The standard InChI is InChI=1S/C28H30Cl2FN3O3/c29-15-6-11-19-21(14-15)33-26(37)28(19)22(18-4-3-5-20(30)23(18)31)24(34-27(28)12-1-2-13-27)25(36)32-16-7-9-17(35)10-8-16/h3-6,11,14,16-17,22,24,34-35H,1-2,7-10,12-13H2,(H,32,36)(H,33,37). The molecule has 0 aromatic heterocycles. The van der Waals surface area contributed by atoms with Crippen LogP contribution in [0.25, 0.3) is 0 Å². The van der Waals surface area contributed by atoms with Gasteiger partial charge in [0.15, 0.2) is 0 Å². The van der Waals surface area contributed by atoms with Crippen molar-refractivity contribution in [1.29, 1.82) is 0 Å². The zero-order chi connectivity index (χ0) is 25.9. The normalized spacial score (nSPS) is 32.1. The van der Waals surface area contributed by atoms with Gasteiger partial charge >= 0.3 is 0 Å². The summed E-state index contributed by atoms with van der Waals surface area (Å²) in [7, 11) is 0. The third-order valence-corrected chi connectivity index (χ3v) is 9.63. The van der Waals surface area contributed by atoms with Crippen LogP contribution in [0, 0.1) is 5.82 Å². The van der Waals surface area contributed by atoms with Crippen molar-refractivity contribution in [2.45, 2.75) is 86.4 Å². The summed E-state index contributed by atoms with van der Waals surface area (Å²) in [6.45, 7) is 0. The molecule has 3 atom stereocenters. The van der Waals surface area contributed by atoms with E-state index in [0.29, 0.717) is 49.2 Å². The Morgan fingerprint density at radius 3 is 2.54 bits per heavy atom. The number of aliphatic hydroxyl groups is 1. The van der Waals surface area contributed by atoms with Gasteiger partial charge in [-0.1, -0.05) is 54.2 Å². The second-order valence-corrected chi connectivity index (χ2v) is 11.8. The van der Waals surface area contributed by atoms with Gasteiger partial charge in [-0.2, -0.15) is 0 Å². The van der Waals surface area contributed by atoms with Crippen LogP contribution in [0.4, 0.5) is 10.1 Å². The predicted molar refractivity (Wildman–Crippen MR) is 140 cm³/mol. The molecule has 2 amide bonds. The average molecular weight is 546 g/mol. The highest BCUT2D eigenvalue weighted by atomic mass is 35.5. The van der Waals surface area contributed by atoms with Crippen LogP contribution in [0.3, 0.4) is 0 Å². The first kappa shape index (κ1) is 25.1. The van der Waals surface area contributed by atoms with Crippen LogP contribution in [0.15, 0.2) is 36.4 Å². The van der Waals surface area contributed by atoms with Crippen molar-refractivity contribution in [3.8, 4) is 0 Å². The molecule has 2 spiro atoms. The first-order chi connectivity index (χ1) is 17.8. The fourth-order valence-electron chi connectivity index (χ4n) is 7.55. The van der Waals surface area contributed by atoms with Crippen molar-refractivity contribution in [2.75, 3.05) is 5.32 Å². The lowest BCUT2D eigenvalue weighted by molar-refractivity contribution is -0.124. The van der Waals surface area contributed by atoms with E-state index < -0.39 is 28.7 Å². The van der Waals surface area contributed by atoms with Crippen molar-refractivity contribution in [3.63, 3.8) is 0 Å². The number of halogens is 3. The number of hydrogen-bond donors (Lipinski definition) is 4. The Morgan fingerprint density at radius 2 is 1.81 bits per heavy atom. The number of hydrogen-bond acceptors (Lipinski definition) is 4. The summed E-state index contributed by atoms with van der Waals surface area (Å²) in [5, 5.41) is 20.1. The molecule has 2 aliphatic carbocycles. The first-order valence-electron chi connectivity index (χ1n) is 13.1. The Kier molecular flexibility index (Phi) is 6.26. The van der Waals surface area contributed by atoms with Gasteiger partial charge in [-0.3, -0.25) is 14.9 Å². The first-order valence-corrected chi connectivity index (χ1v) is 13.8. The van der Waals surface area contributed by atoms with Gasteiger partial charge in [-0.25, -0.2) is 4.39 Å². The van der Waals surface area contributed by atoms with E-state index in [1.54, 1.807) is 24.3 Å². The molecule has 196 valence electrons. The number of fused-ring (bicyclic) bond motifs is 3. The van der Waals surface area contributed by atoms with Crippen molar-refractivity contribution in [3.05, 3.63) is 63.4 Å².